The Hall–Kier alpha value is -3.06. The smallest absolute Gasteiger partial charge is 0.336 e. The van der Waals surface area contributed by atoms with Crippen LogP contribution < -0.4 is 5.63 Å². The minimum absolute atomic E-state index is 0.0775. The first-order valence-corrected chi connectivity index (χ1v) is 9.88. The van der Waals surface area contributed by atoms with Crippen molar-refractivity contribution >= 4 is 28.4 Å². The third kappa shape index (κ3) is 3.41. The summed E-state index contributed by atoms with van der Waals surface area (Å²) in [5.41, 5.74) is 3.14. The third-order valence-electron chi connectivity index (χ3n) is 4.77. The fourth-order valence-electron chi connectivity index (χ4n) is 3.45. The molecule has 1 unspecified atom stereocenters. The Labute approximate surface area is 165 Å². The van der Waals surface area contributed by atoms with Crippen LogP contribution in [0, 0.1) is 10.1 Å². The summed E-state index contributed by atoms with van der Waals surface area (Å²) in [4.78, 5) is 25.0. The zero-order chi connectivity index (χ0) is 19.7. The average Bonchev–Trinajstić information content (AvgIpc) is 3.09. The van der Waals surface area contributed by atoms with Gasteiger partial charge in [0.2, 0.25) is 0 Å². The molecule has 4 rings (SSSR count). The highest BCUT2D eigenvalue weighted by Gasteiger charge is 2.29. The molecule has 0 saturated heterocycles. The number of hydrogen-bond acceptors (Lipinski definition) is 6. The topological polar surface area (TPSA) is 76.6 Å². The number of para-hydroxylation sites is 1. The molecule has 1 aliphatic rings. The lowest BCUT2D eigenvalue weighted by molar-refractivity contribution is -0.384. The van der Waals surface area contributed by atoms with Crippen molar-refractivity contribution in [2.75, 3.05) is 0 Å². The largest absolute Gasteiger partial charge is 0.423 e. The molecule has 2 heterocycles. The van der Waals surface area contributed by atoms with Crippen LogP contribution in [-0.2, 0) is 6.54 Å². The summed E-state index contributed by atoms with van der Waals surface area (Å²) >= 11 is 1.64. The van der Waals surface area contributed by atoms with Gasteiger partial charge in [0.1, 0.15) is 11.0 Å². The van der Waals surface area contributed by atoms with Crippen molar-refractivity contribution in [2.45, 2.75) is 25.3 Å². The van der Waals surface area contributed by atoms with Crippen LogP contribution in [0.25, 0.3) is 11.0 Å². The standard InChI is InChI=1S/C21H18N2O4S/c1-2-15-13-28-21(18-11-20(24)27-19-9-4-3-8-17(18)19)22(15)12-14-6-5-7-16(10-14)23(25)26/h3-11,13,21H,2,12H2,1H3. The highest BCUT2D eigenvalue weighted by molar-refractivity contribution is 8.02. The average molecular weight is 394 g/mol. The van der Waals surface area contributed by atoms with Crippen LogP contribution in [0.3, 0.4) is 0 Å². The number of benzene rings is 2. The highest BCUT2D eigenvalue weighted by Crippen LogP contribution is 2.46. The Balaban J connectivity index is 1.75. The van der Waals surface area contributed by atoms with E-state index in [9.17, 15) is 14.9 Å². The molecule has 0 spiro atoms. The third-order valence-corrected chi connectivity index (χ3v) is 5.94. The van der Waals surface area contributed by atoms with Crippen LogP contribution in [0.15, 0.2) is 74.9 Å². The molecule has 0 radical (unpaired) electrons. The SMILES string of the molecule is CCC1=CSC(c2cc(=O)oc3ccccc23)N1Cc1cccc([N+](=O)[O-])c1. The molecule has 2 aromatic carbocycles. The normalized spacial score (nSPS) is 16.4. The van der Waals surface area contributed by atoms with Crippen molar-refractivity contribution in [2.24, 2.45) is 0 Å². The predicted octanol–water partition coefficient (Wildman–Crippen LogP) is 5.20. The molecule has 1 atom stereocenters. The zero-order valence-corrected chi connectivity index (χ0v) is 16.0. The van der Waals surface area contributed by atoms with Gasteiger partial charge in [0.15, 0.2) is 0 Å². The van der Waals surface area contributed by atoms with Gasteiger partial charge in [-0.15, -0.1) is 11.8 Å². The van der Waals surface area contributed by atoms with Crippen molar-refractivity contribution < 1.29 is 9.34 Å². The van der Waals surface area contributed by atoms with E-state index in [4.69, 9.17) is 4.42 Å². The van der Waals surface area contributed by atoms with Crippen LogP contribution >= 0.6 is 11.8 Å². The summed E-state index contributed by atoms with van der Waals surface area (Å²) in [6.07, 6.45) is 0.831. The minimum atomic E-state index is -0.383. The van der Waals surface area contributed by atoms with E-state index in [1.54, 1.807) is 36.0 Å². The molecule has 0 fully saturated rings. The van der Waals surface area contributed by atoms with Crippen LogP contribution in [0.2, 0.25) is 0 Å². The molecule has 0 saturated carbocycles. The van der Waals surface area contributed by atoms with Gasteiger partial charge in [0, 0.05) is 41.4 Å². The monoisotopic (exact) mass is 394 g/mol. The molecule has 0 aliphatic carbocycles. The first kappa shape index (κ1) is 18.3. The number of rotatable bonds is 5. The Morgan fingerprint density at radius 1 is 1.18 bits per heavy atom. The molecular weight excluding hydrogens is 376 g/mol. The number of thioether (sulfide) groups is 1. The van der Waals surface area contributed by atoms with E-state index >= 15 is 0 Å². The highest BCUT2D eigenvalue weighted by atomic mass is 32.2. The molecule has 142 valence electrons. The second-order valence-electron chi connectivity index (χ2n) is 6.52. The van der Waals surface area contributed by atoms with E-state index in [1.165, 1.54) is 6.07 Å². The number of fused-ring (bicyclic) bond motifs is 1. The Morgan fingerprint density at radius 3 is 2.79 bits per heavy atom. The summed E-state index contributed by atoms with van der Waals surface area (Å²) in [6.45, 7) is 2.60. The molecule has 0 bridgehead atoms. The number of hydrogen-bond donors (Lipinski definition) is 0. The van der Waals surface area contributed by atoms with Crippen molar-refractivity contribution in [1.82, 2.24) is 4.90 Å². The lowest BCUT2D eigenvalue weighted by Gasteiger charge is -2.29. The number of nitro groups is 1. The fraction of sp³-hybridized carbons (Fsp3) is 0.190. The Morgan fingerprint density at radius 2 is 2.00 bits per heavy atom. The lowest BCUT2D eigenvalue weighted by Crippen LogP contribution is -2.23. The summed E-state index contributed by atoms with van der Waals surface area (Å²) in [6, 6.07) is 15.7. The van der Waals surface area contributed by atoms with E-state index in [2.05, 4.69) is 17.2 Å². The molecule has 6 nitrogen and oxygen atoms in total. The maximum atomic E-state index is 12.1. The van der Waals surface area contributed by atoms with Crippen molar-refractivity contribution in [3.05, 3.63) is 97.4 Å². The lowest BCUT2D eigenvalue weighted by atomic mass is 10.1. The first-order chi connectivity index (χ1) is 13.6. The van der Waals surface area contributed by atoms with Crippen LogP contribution in [0.1, 0.15) is 29.8 Å². The Bertz CT molecular complexity index is 1140. The summed E-state index contributed by atoms with van der Waals surface area (Å²) < 4.78 is 5.34. The Kier molecular flexibility index (Phi) is 4.92. The van der Waals surface area contributed by atoms with E-state index in [1.807, 2.05) is 24.3 Å². The van der Waals surface area contributed by atoms with Crippen LogP contribution in [0.5, 0.6) is 0 Å². The van der Waals surface area contributed by atoms with Gasteiger partial charge in [-0.2, -0.15) is 0 Å². The van der Waals surface area contributed by atoms with Gasteiger partial charge in [-0.3, -0.25) is 10.1 Å². The maximum Gasteiger partial charge on any atom is 0.336 e. The number of nitro benzene ring substituents is 1. The van der Waals surface area contributed by atoms with E-state index in [-0.39, 0.29) is 21.6 Å². The first-order valence-electron chi connectivity index (χ1n) is 8.94. The van der Waals surface area contributed by atoms with Gasteiger partial charge in [0.25, 0.3) is 5.69 Å². The second-order valence-corrected chi connectivity index (χ2v) is 7.48. The number of allylic oxidation sites excluding steroid dienone is 1. The molecule has 1 aromatic heterocycles. The van der Waals surface area contributed by atoms with Gasteiger partial charge < -0.3 is 9.32 Å². The fourth-order valence-corrected chi connectivity index (χ4v) is 4.74. The van der Waals surface area contributed by atoms with Gasteiger partial charge in [-0.1, -0.05) is 37.3 Å². The summed E-state index contributed by atoms with van der Waals surface area (Å²) in [7, 11) is 0. The van der Waals surface area contributed by atoms with Gasteiger partial charge in [-0.25, -0.2) is 4.79 Å². The van der Waals surface area contributed by atoms with Crippen LogP contribution in [-0.4, -0.2) is 9.82 Å². The van der Waals surface area contributed by atoms with Crippen molar-refractivity contribution in [3.8, 4) is 0 Å². The molecule has 28 heavy (non-hydrogen) atoms. The summed E-state index contributed by atoms with van der Waals surface area (Å²) in [5.74, 6) is 0. The predicted molar refractivity (Wildman–Crippen MR) is 110 cm³/mol. The molecule has 3 aromatic rings. The maximum absolute atomic E-state index is 12.1. The zero-order valence-electron chi connectivity index (χ0n) is 15.2. The number of nitrogens with zero attached hydrogens (tertiary/aromatic N) is 2. The van der Waals surface area contributed by atoms with Gasteiger partial charge in [-0.05, 0) is 23.5 Å². The van der Waals surface area contributed by atoms with Gasteiger partial charge in [0.05, 0.1) is 4.92 Å². The molecular formula is C21H18N2O4S. The van der Waals surface area contributed by atoms with E-state index < -0.39 is 0 Å². The quantitative estimate of drug-likeness (QED) is 0.336. The van der Waals surface area contributed by atoms with Crippen molar-refractivity contribution in [3.63, 3.8) is 0 Å². The number of non-ortho nitro benzene ring substituents is 1. The second kappa shape index (κ2) is 7.52. The molecule has 7 heteroatoms. The van der Waals surface area contributed by atoms with E-state index in [0.717, 1.165) is 28.6 Å². The molecule has 0 amide bonds. The van der Waals surface area contributed by atoms with Gasteiger partial charge >= 0.3 is 5.63 Å². The minimum Gasteiger partial charge on any atom is -0.423 e. The molecule has 1 aliphatic heterocycles. The van der Waals surface area contributed by atoms with Crippen molar-refractivity contribution in [1.29, 1.82) is 0 Å². The van der Waals surface area contributed by atoms with E-state index in [0.29, 0.717) is 12.1 Å². The molecule has 0 N–H and O–H groups in total. The summed E-state index contributed by atoms with van der Waals surface area (Å²) in [5, 5.41) is 14.0. The van der Waals surface area contributed by atoms with Crippen LogP contribution in [0.4, 0.5) is 5.69 Å².